The smallest absolute Gasteiger partial charge is 0.410 e. The van der Waals surface area contributed by atoms with Gasteiger partial charge in [0.15, 0.2) is 0 Å². The molecule has 1 amide bonds. The van der Waals surface area contributed by atoms with E-state index in [0.29, 0.717) is 19.7 Å². The van der Waals surface area contributed by atoms with Gasteiger partial charge in [-0.1, -0.05) is 128 Å². The number of ether oxygens (including phenoxy) is 1. The fourth-order valence-corrected chi connectivity index (χ4v) is 9.07. The van der Waals surface area contributed by atoms with E-state index in [0.717, 1.165) is 0 Å². The predicted octanol–water partition coefficient (Wildman–Crippen LogP) is 5.56. The van der Waals surface area contributed by atoms with Gasteiger partial charge in [0.25, 0.3) is 8.32 Å². The zero-order valence-corrected chi connectivity index (χ0v) is 22.4. The lowest BCUT2D eigenvalue weighted by Gasteiger charge is -2.44. The highest BCUT2D eigenvalue weighted by Crippen LogP contribution is 2.37. The standard InChI is InChI=1S/C25H30Cl3NO3Si/c1-24(2,3)33(21-12-6-4-7-13-21,22-14-8-5-9-15-22)32-18-20-11-10-16-29(17-20)23(30)31-19-25(26,27)28/h4-15,20H,16-19H2,1-3H3/t20-/m0/s1. The third-order valence-electron chi connectivity index (χ3n) is 5.74. The topological polar surface area (TPSA) is 38.8 Å². The Bertz CT molecular complexity index is 903. The number of alkyl halides is 3. The highest BCUT2D eigenvalue weighted by Gasteiger charge is 2.50. The molecule has 0 aliphatic carbocycles. The number of amides is 1. The lowest BCUT2D eigenvalue weighted by Crippen LogP contribution is -2.67. The van der Waals surface area contributed by atoms with Gasteiger partial charge in [-0.3, -0.25) is 0 Å². The molecule has 0 unspecified atom stereocenters. The van der Waals surface area contributed by atoms with Crippen LogP contribution >= 0.6 is 34.8 Å². The van der Waals surface area contributed by atoms with Crippen LogP contribution in [-0.4, -0.2) is 49.4 Å². The van der Waals surface area contributed by atoms with Gasteiger partial charge in [-0.2, -0.15) is 0 Å². The van der Waals surface area contributed by atoms with Crippen molar-refractivity contribution in [3.63, 3.8) is 0 Å². The van der Waals surface area contributed by atoms with Crippen LogP contribution in [0.25, 0.3) is 0 Å². The maximum absolute atomic E-state index is 12.5. The summed E-state index contributed by atoms with van der Waals surface area (Å²) in [6.45, 7) is 7.86. The zero-order valence-electron chi connectivity index (χ0n) is 19.1. The van der Waals surface area contributed by atoms with Crippen molar-refractivity contribution in [1.82, 2.24) is 4.90 Å². The molecule has 1 heterocycles. The number of carbonyl (C=O) groups excluding carboxylic acids is 1. The normalized spacial score (nSPS) is 17.2. The first-order chi connectivity index (χ1) is 15.5. The first-order valence-electron chi connectivity index (χ1n) is 10.9. The van der Waals surface area contributed by atoms with Gasteiger partial charge in [0.05, 0.1) is 0 Å². The molecule has 1 aliphatic heterocycles. The van der Waals surface area contributed by atoms with Crippen LogP contribution < -0.4 is 10.4 Å². The van der Waals surface area contributed by atoms with E-state index in [2.05, 4.69) is 75.4 Å². The van der Waals surface area contributed by atoms with E-state index in [1.165, 1.54) is 10.4 Å². The van der Waals surface area contributed by atoms with Gasteiger partial charge in [-0.25, -0.2) is 4.79 Å². The molecule has 33 heavy (non-hydrogen) atoms. The SMILES string of the molecule is CC(C)(C)[Si](OC[C@H]1C=CCN(C(=O)OCC(Cl)(Cl)Cl)C1)(c1ccccc1)c1ccccc1. The molecule has 1 atom stereocenters. The van der Waals surface area contributed by atoms with Gasteiger partial charge < -0.3 is 14.1 Å². The number of hydrogen-bond donors (Lipinski definition) is 0. The molecule has 4 nitrogen and oxygen atoms in total. The Morgan fingerprint density at radius 1 is 1.00 bits per heavy atom. The average Bonchev–Trinajstić information content (AvgIpc) is 2.78. The van der Waals surface area contributed by atoms with Gasteiger partial charge in [-0.05, 0) is 15.4 Å². The van der Waals surface area contributed by atoms with Crippen LogP contribution in [0.15, 0.2) is 72.8 Å². The highest BCUT2D eigenvalue weighted by molar-refractivity contribution is 6.99. The molecule has 1 aliphatic rings. The minimum Gasteiger partial charge on any atom is -0.445 e. The largest absolute Gasteiger partial charge is 0.445 e. The Morgan fingerprint density at radius 2 is 1.55 bits per heavy atom. The van der Waals surface area contributed by atoms with Crippen molar-refractivity contribution in [3.05, 3.63) is 72.8 Å². The van der Waals surface area contributed by atoms with Gasteiger partial charge in [0.1, 0.15) is 6.61 Å². The highest BCUT2D eigenvalue weighted by atomic mass is 35.6. The van der Waals surface area contributed by atoms with Gasteiger partial charge in [0.2, 0.25) is 3.79 Å². The molecule has 8 heteroatoms. The van der Waals surface area contributed by atoms with Crippen molar-refractivity contribution < 1.29 is 14.0 Å². The van der Waals surface area contributed by atoms with Crippen LogP contribution in [0.1, 0.15) is 20.8 Å². The summed E-state index contributed by atoms with van der Waals surface area (Å²) in [5.41, 5.74) is 0. The van der Waals surface area contributed by atoms with E-state index >= 15 is 0 Å². The summed E-state index contributed by atoms with van der Waals surface area (Å²) in [5.74, 6) is 0.0284. The molecule has 0 radical (unpaired) electrons. The summed E-state index contributed by atoms with van der Waals surface area (Å²) in [4.78, 5) is 14.1. The molecule has 2 aromatic carbocycles. The number of rotatable bonds is 6. The number of carbonyl (C=O) groups is 1. The molecule has 0 bridgehead atoms. The van der Waals surface area contributed by atoms with E-state index in [9.17, 15) is 4.79 Å². The molecule has 0 aromatic heterocycles. The van der Waals surface area contributed by atoms with Crippen molar-refractivity contribution in [2.24, 2.45) is 5.92 Å². The van der Waals surface area contributed by atoms with Crippen LogP contribution in [0.3, 0.4) is 0 Å². The predicted molar refractivity (Wildman–Crippen MR) is 139 cm³/mol. The molecule has 0 fully saturated rings. The van der Waals surface area contributed by atoms with E-state index in [1.807, 2.05) is 18.2 Å². The van der Waals surface area contributed by atoms with Gasteiger partial charge in [0, 0.05) is 25.6 Å². The lowest BCUT2D eigenvalue weighted by atomic mass is 10.1. The first-order valence-corrected chi connectivity index (χ1v) is 14.0. The Balaban J connectivity index is 1.83. The minimum atomic E-state index is -2.64. The van der Waals surface area contributed by atoms with Crippen LogP contribution in [0.2, 0.25) is 5.04 Å². The number of benzene rings is 2. The summed E-state index contributed by atoms with van der Waals surface area (Å²) in [5, 5.41) is 2.33. The fraction of sp³-hybridized carbons (Fsp3) is 0.400. The van der Waals surface area contributed by atoms with Crippen molar-refractivity contribution in [2.45, 2.75) is 29.6 Å². The molecule has 2 aromatic rings. The van der Waals surface area contributed by atoms with Gasteiger partial charge >= 0.3 is 6.09 Å². The van der Waals surface area contributed by atoms with Crippen LogP contribution in [0.4, 0.5) is 4.79 Å². The molecule has 0 saturated heterocycles. The summed E-state index contributed by atoms with van der Waals surface area (Å²) in [7, 11) is -2.64. The summed E-state index contributed by atoms with van der Waals surface area (Å²) >= 11 is 17.1. The number of hydrogen-bond acceptors (Lipinski definition) is 3. The maximum Gasteiger partial charge on any atom is 0.410 e. The second kappa shape index (κ2) is 10.8. The molecule has 3 rings (SSSR count). The third-order valence-corrected chi connectivity index (χ3v) is 11.1. The Kier molecular flexibility index (Phi) is 8.57. The number of halogens is 3. The van der Waals surface area contributed by atoms with Crippen LogP contribution in [-0.2, 0) is 9.16 Å². The number of nitrogens with zero attached hydrogens (tertiary/aromatic N) is 1. The van der Waals surface area contributed by atoms with E-state index < -0.39 is 18.2 Å². The van der Waals surface area contributed by atoms with Crippen molar-refractivity contribution >= 4 is 59.6 Å². The zero-order chi connectivity index (χ0) is 24.1. The van der Waals surface area contributed by atoms with Crippen LogP contribution in [0, 0.1) is 5.92 Å². The molecule has 178 valence electrons. The Morgan fingerprint density at radius 3 is 2.03 bits per heavy atom. The van der Waals surface area contributed by atoms with Crippen molar-refractivity contribution in [3.8, 4) is 0 Å². The molecule has 0 spiro atoms. The van der Waals surface area contributed by atoms with E-state index in [4.69, 9.17) is 44.0 Å². The molecular formula is C25H30Cl3NO3Si. The Hall–Kier alpha value is -1.50. The molecular weight excluding hydrogens is 497 g/mol. The molecule has 0 saturated carbocycles. The maximum atomic E-state index is 12.5. The quantitative estimate of drug-likeness (QED) is 0.281. The van der Waals surface area contributed by atoms with Crippen molar-refractivity contribution in [2.75, 3.05) is 26.3 Å². The monoisotopic (exact) mass is 525 g/mol. The lowest BCUT2D eigenvalue weighted by molar-refractivity contribution is 0.0978. The van der Waals surface area contributed by atoms with E-state index in [1.54, 1.807) is 4.90 Å². The first kappa shape index (κ1) is 26.1. The minimum absolute atomic E-state index is 0.0284. The van der Waals surface area contributed by atoms with Gasteiger partial charge in [-0.15, -0.1) is 0 Å². The third kappa shape index (κ3) is 6.55. The van der Waals surface area contributed by atoms with E-state index in [-0.39, 0.29) is 17.6 Å². The fourth-order valence-electron chi connectivity index (χ4n) is 4.28. The molecule has 0 N–H and O–H groups in total. The van der Waals surface area contributed by atoms with Crippen molar-refractivity contribution in [1.29, 1.82) is 0 Å². The summed E-state index contributed by atoms with van der Waals surface area (Å²) < 4.78 is 10.5. The second-order valence-corrected chi connectivity index (χ2v) is 16.1. The second-order valence-electron chi connectivity index (χ2n) is 9.24. The summed E-state index contributed by atoms with van der Waals surface area (Å²) in [6, 6.07) is 21.0. The average molecular weight is 527 g/mol. The van der Waals surface area contributed by atoms with Crippen LogP contribution in [0.5, 0.6) is 0 Å². The summed E-state index contributed by atoms with van der Waals surface area (Å²) in [6.07, 6.45) is 3.57. The Labute approximate surface area is 212 Å².